The molecule has 1 atom stereocenters. The first-order valence-corrected chi connectivity index (χ1v) is 22.8. The topological polar surface area (TPSA) is 78.9 Å². The van der Waals surface area contributed by atoms with Crippen molar-refractivity contribution in [2.75, 3.05) is 13.2 Å². The van der Waals surface area contributed by atoms with Gasteiger partial charge in [0.05, 0.1) is 0 Å². The third kappa shape index (κ3) is 43.3. The minimum Gasteiger partial charge on any atom is -0.462 e. The Bertz CT molecular complexity index is 1180. The molecule has 57 heavy (non-hydrogen) atoms. The van der Waals surface area contributed by atoms with E-state index in [1.807, 2.05) is 60.8 Å². The van der Waals surface area contributed by atoms with Crippen LogP contribution in [0, 0.1) is 0 Å². The summed E-state index contributed by atoms with van der Waals surface area (Å²) < 4.78 is 16.7. The van der Waals surface area contributed by atoms with Gasteiger partial charge in [-0.25, -0.2) is 0 Å². The van der Waals surface area contributed by atoms with E-state index in [1.54, 1.807) is 0 Å². The van der Waals surface area contributed by atoms with Crippen molar-refractivity contribution < 1.29 is 28.6 Å². The van der Waals surface area contributed by atoms with Gasteiger partial charge in [-0.15, -0.1) is 0 Å². The van der Waals surface area contributed by atoms with Gasteiger partial charge in [0, 0.05) is 19.3 Å². The lowest BCUT2D eigenvalue weighted by Crippen LogP contribution is -2.30. The molecule has 6 heteroatoms. The molecule has 322 valence electrons. The van der Waals surface area contributed by atoms with E-state index in [0.717, 1.165) is 89.9 Å². The summed E-state index contributed by atoms with van der Waals surface area (Å²) in [7, 11) is 0. The Kier molecular flexibility index (Phi) is 42.1. The minimum absolute atomic E-state index is 0.102. The average molecular weight is 791 g/mol. The van der Waals surface area contributed by atoms with Crippen molar-refractivity contribution in [1.82, 2.24) is 0 Å². The number of hydrogen-bond donors (Lipinski definition) is 0. The second kappa shape index (κ2) is 45.0. The fourth-order valence-electron chi connectivity index (χ4n) is 5.87. The normalized spacial score (nSPS) is 13.0. The summed E-state index contributed by atoms with van der Waals surface area (Å²) in [6.45, 7) is 6.27. The van der Waals surface area contributed by atoms with E-state index in [0.29, 0.717) is 19.3 Å². The molecule has 0 aliphatic carbocycles. The molecule has 0 saturated carbocycles. The lowest BCUT2D eigenvalue weighted by atomic mass is 10.1. The summed E-state index contributed by atoms with van der Waals surface area (Å²) >= 11 is 0. The van der Waals surface area contributed by atoms with E-state index in [4.69, 9.17) is 14.2 Å². The monoisotopic (exact) mass is 791 g/mol. The maximum absolute atomic E-state index is 12.7. The SMILES string of the molecule is CC\C=C/C=C\C=C/C=C\CCCCCCCC(=O)OCC(COC(=O)CCCCCCCCCCCCC)OC(=O)CCCCC\C=C/C=C\C=C/C=C\CC. The van der Waals surface area contributed by atoms with Crippen molar-refractivity contribution in [3.63, 3.8) is 0 Å². The Morgan fingerprint density at radius 1 is 0.368 bits per heavy atom. The van der Waals surface area contributed by atoms with Gasteiger partial charge in [-0.1, -0.05) is 208 Å². The van der Waals surface area contributed by atoms with Crippen molar-refractivity contribution in [3.05, 3.63) is 97.2 Å². The third-order valence-electron chi connectivity index (χ3n) is 9.27. The molecule has 0 bridgehead atoms. The molecular weight excluding hydrogens is 709 g/mol. The number of unbranched alkanes of at least 4 members (excludes halogenated alkanes) is 18. The average Bonchev–Trinajstić information content (AvgIpc) is 3.21. The molecule has 0 fully saturated rings. The number of ether oxygens (including phenoxy) is 3. The molecule has 6 nitrogen and oxygen atoms in total. The van der Waals surface area contributed by atoms with Gasteiger partial charge in [0.25, 0.3) is 0 Å². The number of allylic oxidation sites excluding steroid dienone is 16. The molecule has 0 aromatic rings. The molecular formula is C51H82O6. The smallest absolute Gasteiger partial charge is 0.306 e. The van der Waals surface area contributed by atoms with Crippen molar-refractivity contribution in [3.8, 4) is 0 Å². The third-order valence-corrected chi connectivity index (χ3v) is 9.27. The molecule has 0 amide bonds. The second-order valence-corrected chi connectivity index (χ2v) is 14.7. The van der Waals surface area contributed by atoms with E-state index >= 15 is 0 Å². The molecule has 0 heterocycles. The molecule has 0 aliphatic heterocycles. The van der Waals surface area contributed by atoms with Gasteiger partial charge in [-0.3, -0.25) is 14.4 Å². The van der Waals surface area contributed by atoms with Crippen molar-refractivity contribution >= 4 is 17.9 Å². The van der Waals surface area contributed by atoms with Crippen molar-refractivity contribution in [1.29, 1.82) is 0 Å². The summed E-state index contributed by atoms with van der Waals surface area (Å²) in [5.41, 5.74) is 0. The summed E-state index contributed by atoms with van der Waals surface area (Å²) in [4.78, 5) is 37.8. The first-order valence-electron chi connectivity index (χ1n) is 22.8. The maximum Gasteiger partial charge on any atom is 0.306 e. The molecule has 0 radical (unpaired) electrons. The van der Waals surface area contributed by atoms with Crippen LogP contribution in [0.25, 0.3) is 0 Å². The molecule has 0 aromatic carbocycles. The Morgan fingerprint density at radius 3 is 1.09 bits per heavy atom. The standard InChI is InChI=1S/C51H82O6/c1-4-7-10-13-16-19-22-24-25-27-29-32-35-38-41-44-50(53)56-47-48(46-55-49(52)43-40-37-34-31-28-21-18-15-12-9-6-3)57-51(54)45-42-39-36-33-30-26-23-20-17-14-11-8-5-2/h7-8,10-11,13-14,16-17,19-20,22-26,30,48H,4-6,9,12,15,18,21,27-29,31-47H2,1-3H3/b10-7-,11-8-,16-13-,17-14-,22-19-,23-20-,25-24-,30-26-. The van der Waals surface area contributed by atoms with Crippen LogP contribution in [0.5, 0.6) is 0 Å². The molecule has 0 aromatic heterocycles. The molecule has 0 N–H and O–H groups in total. The quantitative estimate of drug-likeness (QED) is 0.0267. The number of hydrogen-bond acceptors (Lipinski definition) is 6. The van der Waals surface area contributed by atoms with Crippen LogP contribution < -0.4 is 0 Å². The lowest BCUT2D eigenvalue weighted by Gasteiger charge is -2.18. The first-order chi connectivity index (χ1) is 28.0. The highest BCUT2D eigenvalue weighted by Gasteiger charge is 2.19. The van der Waals surface area contributed by atoms with Crippen LogP contribution >= 0.6 is 0 Å². The number of rotatable bonds is 39. The number of esters is 3. The minimum atomic E-state index is -0.805. The zero-order valence-electron chi connectivity index (χ0n) is 36.6. The van der Waals surface area contributed by atoms with E-state index in [9.17, 15) is 14.4 Å². The van der Waals surface area contributed by atoms with E-state index in [-0.39, 0.29) is 37.5 Å². The first kappa shape index (κ1) is 53.3. The van der Waals surface area contributed by atoms with Gasteiger partial charge >= 0.3 is 17.9 Å². The maximum atomic E-state index is 12.7. The summed E-state index contributed by atoms with van der Waals surface area (Å²) in [5, 5.41) is 0. The zero-order valence-corrected chi connectivity index (χ0v) is 36.6. The number of carbonyl (C=O) groups is 3. The van der Waals surface area contributed by atoms with Crippen LogP contribution in [-0.4, -0.2) is 37.2 Å². The van der Waals surface area contributed by atoms with Crippen LogP contribution in [0.15, 0.2) is 97.2 Å². The lowest BCUT2D eigenvalue weighted by molar-refractivity contribution is -0.167. The Hall–Kier alpha value is -3.67. The summed E-state index contributed by atoms with van der Waals surface area (Å²) in [6, 6.07) is 0. The van der Waals surface area contributed by atoms with Gasteiger partial charge in [0.2, 0.25) is 0 Å². The Morgan fingerprint density at radius 2 is 0.684 bits per heavy atom. The highest BCUT2D eigenvalue weighted by atomic mass is 16.6. The van der Waals surface area contributed by atoms with Crippen LogP contribution in [0.1, 0.15) is 188 Å². The molecule has 0 rings (SSSR count). The highest BCUT2D eigenvalue weighted by Crippen LogP contribution is 2.13. The van der Waals surface area contributed by atoms with Crippen molar-refractivity contribution in [2.45, 2.75) is 194 Å². The summed E-state index contributed by atoms with van der Waals surface area (Å²) in [6.07, 6.45) is 58.1. The molecule has 0 saturated heterocycles. The van der Waals surface area contributed by atoms with E-state index < -0.39 is 6.10 Å². The van der Waals surface area contributed by atoms with E-state index in [1.165, 1.54) is 51.4 Å². The largest absolute Gasteiger partial charge is 0.462 e. The predicted octanol–water partition coefficient (Wildman–Crippen LogP) is 14.6. The van der Waals surface area contributed by atoms with Gasteiger partial charge in [-0.05, 0) is 57.8 Å². The van der Waals surface area contributed by atoms with Gasteiger partial charge in [0.15, 0.2) is 6.10 Å². The Labute approximate surface area is 349 Å². The van der Waals surface area contributed by atoms with Crippen LogP contribution in [0.4, 0.5) is 0 Å². The Balaban J connectivity index is 4.51. The fourth-order valence-corrected chi connectivity index (χ4v) is 5.87. The van der Waals surface area contributed by atoms with Crippen LogP contribution in [-0.2, 0) is 28.6 Å². The number of carbonyl (C=O) groups excluding carboxylic acids is 3. The fraction of sp³-hybridized carbons (Fsp3) is 0.627. The van der Waals surface area contributed by atoms with Gasteiger partial charge in [-0.2, -0.15) is 0 Å². The van der Waals surface area contributed by atoms with Gasteiger partial charge in [0.1, 0.15) is 13.2 Å². The zero-order chi connectivity index (χ0) is 41.5. The van der Waals surface area contributed by atoms with Crippen molar-refractivity contribution in [2.24, 2.45) is 0 Å². The summed E-state index contributed by atoms with van der Waals surface area (Å²) in [5.74, 6) is -0.975. The van der Waals surface area contributed by atoms with E-state index in [2.05, 4.69) is 57.2 Å². The van der Waals surface area contributed by atoms with Crippen LogP contribution in [0.3, 0.4) is 0 Å². The molecule has 0 spiro atoms. The molecule has 1 unspecified atom stereocenters. The van der Waals surface area contributed by atoms with Gasteiger partial charge < -0.3 is 14.2 Å². The molecule has 0 aliphatic rings. The van der Waals surface area contributed by atoms with Crippen LogP contribution in [0.2, 0.25) is 0 Å². The highest BCUT2D eigenvalue weighted by molar-refractivity contribution is 5.71. The second-order valence-electron chi connectivity index (χ2n) is 14.7. The predicted molar refractivity (Wildman–Crippen MR) is 242 cm³/mol.